The van der Waals surface area contributed by atoms with Crippen LogP contribution in [0.3, 0.4) is 0 Å². The van der Waals surface area contributed by atoms with Crippen LogP contribution in [0.1, 0.15) is 22.7 Å². The number of carbonyl (C=O) groups excluding carboxylic acids is 2. The lowest BCUT2D eigenvalue weighted by atomic mass is 9.93. The van der Waals surface area contributed by atoms with Gasteiger partial charge in [0.25, 0.3) is 11.7 Å². The molecule has 8 heteroatoms. The molecular formula is C24H27NO7. The number of carbonyl (C=O) groups is 2. The fourth-order valence-electron chi connectivity index (χ4n) is 3.92. The van der Waals surface area contributed by atoms with E-state index >= 15 is 0 Å². The lowest BCUT2D eigenvalue weighted by Gasteiger charge is -2.27. The summed E-state index contributed by atoms with van der Waals surface area (Å²) in [5.41, 5.74) is 1.63. The van der Waals surface area contributed by atoms with Gasteiger partial charge in [0, 0.05) is 24.8 Å². The molecule has 3 rings (SSSR count). The molecule has 1 saturated heterocycles. The number of aliphatic hydroxyl groups is 1. The number of rotatable bonds is 8. The Hall–Kier alpha value is -3.52. The predicted octanol–water partition coefficient (Wildman–Crippen LogP) is 3.09. The maximum atomic E-state index is 13.1. The zero-order chi connectivity index (χ0) is 23.4. The molecule has 2 aromatic rings. The summed E-state index contributed by atoms with van der Waals surface area (Å²) in [6.45, 7) is 2.17. The van der Waals surface area contributed by atoms with E-state index in [0.29, 0.717) is 33.9 Å². The largest absolute Gasteiger partial charge is 0.507 e. The number of benzene rings is 2. The van der Waals surface area contributed by atoms with Crippen LogP contribution in [0.25, 0.3) is 5.76 Å². The lowest BCUT2D eigenvalue weighted by Crippen LogP contribution is -2.32. The van der Waals surface area contributed by atoms with Crippen LogP contribution in [-0.4, -0.2) is 63.3 Å². The van der Waals surface area contributed by atoms with Crippen molar-refractivity contribution in [1.29, 1.82) is 0 Å². The molecule has 0 spiro atoms. The molecule has 2 aromatic carbocycles. The highest BCUT2D eigenvalue weighted by Crippen LogP contribution is 2.45. The smallest absolute Gasteiger partial charge is 0.295 e. The quantitative estimate of drug-likeness (QED) is 0.382. The highest BCUT2D eigenvalue weighted by atomic mass is 16.5. The van der Waals surface area contributed by atoms with E-state index in [-0.39, 0.29) is 24.5 Å². The number of aryl methyl sites for hydroxylation is 1. The van der Waals surface area contributed by atoms with Gasteiger partial charge in [-0.25, -0.2) is 0 Å². The van der Waals surface area contributed by atoms with Crippen LogP contribution >= 0.6 is 0 Å². The number of likely N-dealkylation sites (tertiary alicyclic amines) is 1. The zero-order valence-electron chi connectivity index (χ0n) is 18.8. The normalized spacial score (nSPS) is 17.5. The van der Waals surface area contributed by atoms with Crippen LogP contribution < -0.4 is 14.2 Å². The van der Waals surface area contributed by atoms with Crippen molar-refractivity contribution in [1.82, 2.24) is 4.90 Å². The Morgan fingerprint density at radius 2 is 1.78 bits per heavy atom. The third-order valence-electron chi connectivity index (χ3n) is 5.49. The number of Topliss-reactive ketones (excluding diaryl/α,β-unsaturated/α-hetero) is 1. The zero-order valence-corrected chi connectivity index (χ0v) is 18.8. The first-order valence-electron chi connectivity index (χ1n) is 10.0. The summed E-state index contributed by atoms with van der Waals surface area (Å²) in [6, 6.07) is 9.42. The van der Waals surface area contributed by atoms with E-state index in [9.17, 15) is 14.7 Å². The van der Waals surface area contributed by atoms with Crippen molar-refractivity contribution in [2.45, 2.75) is 13.0 Å². The third-order valence-corrected chi connectivity index (χ3v) is 5.49. The summed E-state index contributed by atoms with van der Waals surface area (Å²) >= 11 is 0. The third kappa shape index (κ3) is 4.01. The summed E-state index contributed by atoms with van der Waals surface area (Å²) in [6.07, 6.45) is 0. The van der Waals surface area contributed by atoms with E-state index in [4.69, 9.17) is 18.9 Å². The highest BCUT2D eigenvalue weighted by molar-refractivity contribution is 6.46. The number of hydrogen-bond acceptors (Lipinski definition) is 7. The fourth-order valence-corrected chi connectivity index (χ4v) is 3.92. The van der Waals surface area contributed by atoms with Gasteiger partial charge in [-0.15, -0.1) is 0 Å². The number of para-hydroxylation sites is 1. The number of ketones is 1. The number of hydrogen-bond donors (Lipinski definition) is 1. The number of amides is 1. The molecule has 1 aliphatic heterocycles. The van der Waals surface area contributed by atoms with Crippen LogP contribution in [-0.2, 0) is 14.3 Å². The molecule has 0 saturated carbocycles. The van der Waals surface area contributed by atoms with Gasteiger partial charge in [-0.1, -0.05) is 12.1 Å². The van der Waals surface area contributed by atoms with Crippen LogP contribution in [0.5, 0.6) is 17.2 Å². The number of ether oxygens (including phenoxy) is 4. The summed E-state index contributed by atoms with van der Waals surface area (Å²) in [5, 5.41) is 11.3. The molecular weight excluding hydrogens is 414 g/mol. The van der Waals surface area contributed by atoms with E-state index in [0.717, 1.165) is 0 Å². The van der Waals surface area contributed by atoms with Gasteiger partial charge in [0.05, 0.1) is 39.6 Å². The van der Waals surface area contributed by atoms with Crippen LogP contribution in [0.2, 0.25) is 0 Å². The maximum absolute atomic E-state index is 13.1. The van der Waals surface area contributed by atoms with Crippen LogP contribution in [0.4, 0.5) is 0 Å². The second-order valence-electron chi connectivity index (χ2n) is 7.25. The predicted molar refractivity (Wildman–Crippen MR) is 118 cm³/mol. The molecule has 0 aromatic heterocycles. The van der Waals surface area contributed by atoms with Crippen molar-refractivity contribution in [3.8, 4) is 17.2 Å². The first-order chi connectivity index (χ1) is 15.4. The Kier molecular flexibility index (Phi) is 7.05. The van der Waals surface area contributed by atoms with E-state index in [1.54, 1.807) is 50.4 Å². The van der Waals surface area contributed by atoms with Crippen LogP contribution in [0.15, 0.2) is 42.0 Å². The van der Waals surface area contributed by atoms with Crippen molar-refractivity contribution in [2.24, 2.45) is 0 Å². The molecule has 0 aliphatic carbocycles. The molecule has 0 bridgehead atoms. The SMILES string of the molecule is COCCN1C(=O)C(=O)C(=C(O)c2ccc(OC)cc2C)[C@@H]1c1cccc(OC)c1OC. The number of nitrogens with zero attached hydrogens (tertiary/aromatic N) is 1. The average molecular weight is 441 g/mol. The van der Waals surface area contributed by atoms with Gasteiger partial charge in [-0.05, 0) is 36.8 Å². The molecule has 1 fully saturated rings. The highest BCUT2D eigenvalue weighted by Gasteiger charge is 2.47. The molecule has 1 N–H and O–H groups in total. The van der Waals surface area contributed by atoms with Gasteiger partial charge >= 0.3 is 0 Å². The molecule has 32 heavy (non-hydrogen) atoms. The van der Waals surface area contributed by atoms with Gasteiger partial charge in [0.2, 0.25) is 0 Å². The number of methoxy groups -OCH3 is 4. The van der Waals surface area contributed by atoms with E-state index in [1.807, 2.05) is 0 Å². The maximum Gasteiger partial charge on any atom is 0.295 e. The van der Waals surface area contributed by atoms with Gasteiger partial charge in [-0.2, -0.15) is 0 Å². The second-order valence-corrected chi connectivity index (χ2v) is 7.25. The standard InChI is InChI=1S/C24H27NO7/c1-14-13-15(30-3)9-10-16(14)21(26)19-20(25(11-12-29-2)24(28)22(19)27)17-7-6-8-18(31-4)23(17)32-5/h6-10,13,20,26H,11-12H2,1-5H3/t20-/m0/s1. The van der Waals surface area contributed by atoms with E-state index in [2.05, 4.69) is 0 Å². The summed E-state index contributed by atoms with van der Waals surface area (Å²) in [5.74, 6) is -0.318. The van der Waals surface area contributed by atoms with Crippen molar-refractivity contribution in [2.75, 3.05) is 41.6 Å². The summed E-state index contributed by atoms with van der Waals surface area (Å²) in [7, 11) is 6.05. The van der Waals surface area contributed by atoms with E-state index < -0.39 is 17.7 Å². The first kappa shape index (κ1) is 23.1. The first-order valence-corrected chi connectivity index (χ1v) is 10.0. The molecule has 1 heterocycles. The summed E-state index contributed by atoms with van der Waals surface area (Å²) < 4.78 is 21.3. The second kappa shape index (κ2) is 9.74. The number of aliphatic hydroxyl groups excluding tert-OH is 1. The Balaban J connectivity index is 2.27. The monoisotopic (exact) mass is 441 g/mol. The topological polar surface area (TPSA) is 94.5 Å². The molecule has 8 nitrogen and oxygen atoms in total. The van der Waals surface area contributed by atoms with Gasteiger partial charge in [0.1, 0.15) is 11.5 Å². The minimum absolute atomic E-state index is 0.0223. The molecule has 1 atom stereocenters. The van der Waals surface area contributed by atoms with Crippen molar-refractivity contribution >= 4 is 17.4 Å². The Morgan fingerprint density at radius 3 is 2.38 bits per heavy atom. The Labute approximate surface area is 187 Å². The van der Waals surface area contributed by atoms with Gasteiger partial charge in [0.15, 0.2) is 11.5 Å². The Morgan fingerprint density at radius 1 is 1.03 bits per heavy atom. The summed E-state index contributed by atoms with van der Waals surface area (Å²) in [4.78, 5) is 27.5. The molecule has 170 valence electrons. The lowest BCUT2D eigenvalue weighted by molar-refractivity contribution is -0.140. The van der Waals surface area contributed by atoms with Gasteiger partial charge < -0.3 is 29.0 Å². The molecule has 1 amide bonds. The minimum Gasteiger partial charge on any atom is -0.507 e. The fraction of sp³-hybridized carbons (Fsp3) is 0.333. The van der Waals surface area contributed by atoms with E-state index in [1.165, 1.54) is 26.2 Å². The van der Waals surface area contributed by atoms with Gasteiger partial charge in [-0.3, -0.25) is 9.59 Å². The molecule has 1 aliphatic rings. The van der Waals surface area contributed by atoms with Crippen molar-refractivity contribution < 1.29 is 33.6 Å². The van der Waals surface area contributed by atoms with Crippen molar-refractivity contribution in [3.63, 3.8) is 0 Å². The minimum atomic E-state index is -0.878. The van der Waals surface area contributed by atoms with Crippen molar-refractivity contribution in [3.05, 3.63) is 58.7 Å². The molecule has 0 radical (unpaired) electrons. The Bertz CT molecular complexity index is 1060. The molecule has 0 unspecified atom stereocenters. The average Bonchev–Trinajstić information content (AvgIpc) is 3.06. The van der Waals surface area contributed by atoms with Crippen LogP contribution in [0, 0.1) is 6.92 Å².